The number of hydrogen-bond acceptors (Lipinski definition) is 5. The Balaban J connectivity index is 1.82. The highest BCUT2D eigenvalue weighted by Gasteiger charge is 2.30. The number of rotatable bonds is 6. The first-order valence-electron chi connectivity index (χ1n) is 8.97. The molecule has 156 valence electrons. The molecule has 3 rings (SSSR count). The largest absolute Gasteiger partial charge is 0.495 e. The van der Waals surface area contributed by atoms with Crippen molar-refractivity contribution in [1.82, 2.24) is 14.8 Å². The average molecular weight is 417 g/mol. The lowest BCUT2D eigenvalue weighted by atomic mass is 10.0. The number of carbonyl (C=O) groups is 1. The van der Waals surface area contributed by atoms with Crippen molar-refractivity contribution in [3.8, 4) is 17.0 Å². The molecule has 0 radical (unpaired) electrons. The number of ketones is 1. The Kier molecular flexibility index (Phi) is 6.00. The molecular weight excluding hydrogens is 399 g/mol. The van der Waals surface area contributed by atoms with Gasteiger partial charge in [0.15, 0.2) is 5.78 Å². The second-order valence-corrected chi connectivity index (χ2v) is 6.63. The van der Waals surface area contributed by atoms with Gasteiger partial charge in [-0.2, -0.15) is 18.3 Å². The first-order chi connectivity index (χ1) is 14.2. The van der Waals surface area contributed by atoms with Gasteiger partial charge in [-0.1, -0.05) is 12.1 Å². The van der Waals surface area contributed by atoms with E-state index in [0.29, 0.717) is 22.6 Å². The number of halogens is 3. The van der Waals surface area contributed by atoms with Gasteiger partial charge in [-0.05, 0) is 36.8 Å². The summed E-state index contributed by atoms with van der Waals surface area (Å²) in [6.45, 7) is 1.52. The SMILES string of the molecule is COc1cncc(-c2ccc(=O)n(C(C)C(=O)Cc3ccc(C(F)(F)F)cc3)n2)c1. The summed E-state index contributed by atoms with van der Waals surface area (Å²) in [5.41, 5.74) is 0.189. The number of pyridine rings is 1. The highest BCUT2D eigenvalue weighted by atomic mass is 19.4. The van der Waals surface area contributed by atoms with E-state index in [1.165, 1.54) is 44.5 Å². The molecule has 1 aromatic carbocycles. The van der Waals surface area contributed by atoms with Crippen LogP contribution in [0.2, 0.25) is 0 Å². The van der Waals surface area contributed by atoms with Gasteiger partial charge in [-0.25, -0.2) is 4.68 Å². The fourth-order valence-electron chi connectivity index (χ4n) is 2.82. The number of methoxy groups -OCH3 is 1. The van der Waals surface area contributed by atoms with Crippen molar-refractivity contribution in [2.24, 2.45) is 0 Å². The summed E-state index contributed by atoms with van der Waals surface area (Å²) >= 11 is 0. The van der Waals surface area contributed by atoms with E-state index < -0.39 is 23.3 Å². The van der Waals surface area contributed by atoms with Crippen LogP contribution in [0.5, 0.6) is 5.75 Å². The van der Waals surface area contributed by atoms with E-state index in [1.807, 2.05) is 0 Å². The Morgan fingerprint density at radius 1 is 1.13 bits per heavy atom. The maximum absolute atomic E-state index is 12.7. The monoisotopic (exact) mass is 417 g/mol. The first kappa shape index (κ1) is 21.2. The van der Waals surface area contributed by atoms with Crippen LogP contribution in [0.1, 0.15) is 24.1 Å². The smallest absolute Gasteiger partial charge is 0.416 e. The van der Waals surface area contributed by atoms with Crippen molar-refractivity contribution in [2.75, 3.05) is 7.11 Å². The summed E-state index contributed by atoms with van der Waals surface area (Å²) < 4.78 is 44.2. The number of nitrogens with zero attached hydrogens (tertiary/aromatic N) is 3. The van der Waals surface area contributed by atoms with Gasteiger partial charge in [-0.3, -0.25) is 14.6 Å². The van der Waals surface area contributed by atoms with Gasteiger partial charge < -0.3 is 4.74 Å². The number of Topliss-reactive ketones (excluding diaryl/α,β-unsaturated/α-hetero) is 1. The van der Waals surface area contributed by atoms with Gasteiger partial charge in [0.05, 0.1) is 24.6 Å². The zero-order chi connectivity index (χ0) is 21.9. The highest BCUT2D eigenvalue weighted by Crippen LogP contribution is 2.29. The van der Waals surface area contributed by atoms with Gasteiger partial charge in [0.25, 0.3) is 5.56 Å². The second kappa shape index (κ2) is 8.48. The molecule has 1 atom stereocenters. The number of alkyl halides is 3. The van der Waals surface area contributed by atoms with Crippen LogP contribution in [-0.2, 0) is 17.4 Å². The van der Waals surface area contributed by atoms with E-state index in [9.17, 15) is 22.8 Å². The quantitative estimate of drug-likeness (QED) is 0.611. The van der Waals surface area contributed by atoms with Crippen molar-refractivity contribution >= 4 is 5.78 Å². The van der Waals surface area contributed by atoms with Gasteiger partial charge in [-0.15, -0.1) is 0 Å². The predicted octanol–water partition coefficient (Wildman–Crippen LogP) is 3.71. The molecule has 0 N–H and O–H groups in total. The van der Waals surface area contributed by atoms with Crippen LogP contribution in [0.3, 0.4) is 0 Å². The minimum Gasteiger partial charge on any atom is -0.495 e. The lowest BCUT2D eigenvalue weighted by Crippen LogP contribution is -2.30. The van der Waals surface area contributed by atoms with Gasteiger partial charge in [0.1, 0.15) is 11.8 Å². The lowest BCUT2D eigenvalue weighted by Gasteiger charge is -2.14. The third-order valence-corrected chi connectivity index (χ3v) is 4.56. The molecular formula is C21H18F3N3O3. The summed E-state index contributed by atoms with van der Waals surface area (Å²) in [6, 6.07) is 7.95. The average Bonchev–Trinajstić information content (AvgIpc) is 2.73. The maximum Gasteiger partial charge on any atom is 0.416 e. The molecule has 3 aromatic rings. The summed E-state index contributed by atoms with van der Waals surface area (Å²) in [6.07, 6.45) is -1.50. The molecule has 0 aliphatic carbocycles. The molecule has 0 fully saturated rings. The molecule has 0 spiro atoms. The standard InChI is InChI=1S/C21H18F3N3O3/c1-13(19(28)9-14-3-5-16(6-4-14)21(22,23)24)27-20(29)8-7-18(26-27)15-10-17(30-2)12-25-11-15/h3-8,10-13H,9H2,1-2H3. The second-order valence-electron chi connectivity index (χ2n) is 6.63. The fourth-order valence-corrected chi connectivity index (χ4v) is 2.82. The number of hydrogen-bond donors (Lipinski definition) is 0. The minimum atomic E-state index is -4.44. The predicted molar refractivity (Wildman–Crippen MR) is 103 cm³/mol. The Bertz CT molecular complexity index is 1110. The van der Waals surface area contributed by atoms with Crippen LogP contribution in [0.15, 0.2) is 59.7 Å². The highest BCUT2D eigenvalue weighted by molar-refractivity contribution is 5.84. The van der Waals surface area contributed by atoms with Gasteiger partial charge in [0.2, 0.25) is 0 Å². The molecule has 0 bridgehead atoms. The zero-order valence-electron chi connectivity index (χ0n) is 16.2. The molecule has 30 heavy (non-hydrogen) atoms. The van der Waals surface area contributed by atoms with Crippen molar-refractivity contribution in [1.29, 1.82) is 0 Å². The Labute approximate surface area is 170 Å². The minimum absolute atomic E-state index is 0.127. The molecule has 2 heterocycles. The third kappa shape index (κ3) is 4.73. The van der Waals surface area contributed by atoms with E-state index in [2.05, 4.69) is 10.1 Å². The van der Waals surface area contributed by atoms with Crippen LogP contribution in [-0.4, -0.2) is 27.7 Å². The van der Waals surface area contributed by atoms with E-state index in [4.69, 9.17) is 4.74 Å². The molecule has 1 unspecified atom stereocenters. The Morgan fingerprint density at radius 3 is 2.47 bits per heavy atom. The molecule has 0 aliphatic rings. The van der Waals surface area contributed by atoms with Crippen LogP contribution in [0.25, 0.3) is 11.3 Å². The van der Waals surface area contributed by atoms with Gasteiger partial charge >= 0.3 is 6.18 Å². The normalized spacial score (nSPS) is 12.4. The van der Waals surface area contributed by atoms with E-state index in [1.54, 1.807) is 12.3 Å². The zero-order valence-corrected chi connectivity index (χ0v) is 16.2. The molecule has 0 saturated heterocycles. The Morgan fingerprint density at radius 2 is 1.83 bits per heavy atom. The fraction of sp³-hybridized carbons (Fsp3) is 0.238. The third-order valence-electron chi connectivity index (χ3n) is 4.56. The molecule has 0 aliphatic heterocycles. The number of benzene rings is 1. The molecule has 2 aromatic heterocycles. The van der Waals surface area contributed by atoms with Crippen LogP contribution in [0, 0.1) is 0 Å². The Hall–Kier alpha value is -3.49. The van der Waals surface area contributed by atoms with Gasteiger partial charge in [0, 0.05) is 24.2 Å². The summed E-state index contributed by atoms with van der Waals surface area (Å²) in [5, 5.41) is 4.27. The van der Waals surface area contributed by atoms with Crippen molar-refractivity contribution in [3.05, 3.63) is 76.3 Å². The topological polar surface area (TPSA) is 74.1 Å². The maximum atomic E-state index is 12.7. The van der Waals surface area contributed by atoms with E-state index >= 15 is 0 Å². The summed E-state index contributed by atoms with van der Waals surface area (Å²) in [7, 11) is 1.50. The van der Waals surface area contributed by atoms with Crippen molar-refractivity contribution in [3.63, 3.8) is 0 Å². The van der Waals surface area contributed by atoms with Crippen LogP contribution in [0.4, 0.5) is 13.2 Å². The van der Waals surface area contributed by atoms with Crippen LogP contribution < -0.4 is 10.3 Å². The van der Waals surface area contributed by atoms with Crippen LogP contribution >= 0.6 is 0 Å². The van der Waals surface area contributed by atoms with Crippen molar-refractivity contribution < 1.29 is 22.7 Å². The summed E-state index contributed by atoms with van der Waals surface area (Å²) in [5.74, 6) is 0.156. The van der Waals surface area contributed by atoms with E-state index in [-0.39, 0.29) is 12.2 Å². The summed E-state index contributed by atoms with van der Waals surface area (Å²) in [4.78, 5) is 28.9. The molecule has 0 amide bonds. The number of ether oxygens (including phenoxy) is 1. The molecule has 9 heteroatoms. The number of aromatic nitrogens is 3. The first-order valence-corrected chi connectivity index (χ1v) is 8.97. The van der Waals surface area contributed by atoms with E-state index in [0.717, 1.165) is 16.8 Å². The molecule has 6 nitrogen and oxygen atoms in total. The lowest BCUT2D eigenvalue weighted by molar-refractivity contribution is -0.137. The number of carbonyl (C=O) groups excluding carboxylic acids is 1. The van der Waals surface area contributed by atoms with Crippen molar-refractivity contribution in [2.45, 2.75) is 25.6 Å². The molecule has 0 saturated carbocycles.